The molecule has 1 heterocycles. The van der Waals surface area contributed by atoms with Gasteiger partial charge in [-0.15, -0.1) is 0 Å². The summed E-state index contributed by atoms with van der Waals surface area (Å²) < 4.78 is 0. The van der Waals surface area contributed by atoms with Gasteiger partial charge in [0, 0.05) is 17.7 Å². The number of hydrogen-bond donors (Lipinski definition) is 1. The number of nitrogens with zero attached hydrogens (tertiary/aromatic N) is 3. The Hall–Kier alpha value is -3.80. The van der Waals surface area contributed by atoms with Gasteiger partial charge in [0.05, 0.1) is 4.92 Å². The van der Waals surface area contributed by atoms with E-state index in [9.17, 15) is 24.5 Å². The molecule has 0 fully saturated rings. The molecule has 0 saturated heterocycles. The molecular formula is C16H11N3O6. The lowest BCUT2D eigenvalue weighted by molar-refractivity contribution is -0.384. The molecule has 0 atom stereocenters. The van der Waals surface area contributed by atoms with E-state index < -0.39 is 29.3 Å². The fraction of sp³-hybridized carbons (Fsp3) is 0.125. The summed E-state index contributed by atoms with van der Waals surface area (Å²) in [5.74, 6) is -3.20. The summed E-state index contributed by atoms with van der Waals surface area (Å²) >= 11 is 0. The Balaban J connectivity index is 2.53. The second-order valence-corrected chi connectivity index (χ2v) is 5.11. The first-order valence-electron chi connectivity index (χ1n) is 6.91. The van der Waals surface area contributed by atoms with Gasteiger partial charge in [0.2, 0.25) is 0 Å². The number of nitriles is 1. The smallest absolute Gasteiger partial charge is 0.323 e. The van der Waals surface area contributed by atoms with Gasteiger partial charge < -0.3 is 5.11 Å². The van der Waals surface area contributed by atoms with Crippen LogP contribution in [-0.4, -0.2) is 39.3 Å². The number of nitro groups is 1. The first-order valence-corrected chi connectivity index (χ1v) is 6.91. The molecule has 1 N–H and O–H groups in total. The van der Waals surface area contributed by atoms with Crippen LogP contribution in [-0.2, 0) is 14.4 Å². The van der Waals surface area contributed by atoms with Crippen molar-refractivity contribution < 1.29 is 24.4 Å². The van der Waals surface area contributed by atoms with Crippen LogP contribution in [0.4, 0.5) is 5.69 Å². The third kappa shape index (κ3) is 3.42. The van der Waals surface area contributed by atoms with E-state index >= 15 is 0 Å². The Morgan fingerprint density at radius 2 is 1.92 bits per heavy atom. The van der Waals surface area contributed by atoms with E-state index in [0.717, 1.165) is 0 Å². The zero-order valence-corrected chi connectivity index (χ0v) is 12.9. The maximum Gasteiger partial charge on any atom is 0.323 e. The third-order valence-electron chi connectivity index (χ3n) is 3.53. The molecule has 0 spiro atoms. The number of benzene rings is 1. The molecule has 2 rings (SSSR count). The Bertz CT molecular complexity index is 889. The molecule has 2 amide bonds. The van der Waals surface area contributed by atoms with Crippen LogP contribution in [0.3, 0.4) is 0 Å². The molecule has 1 aromatic carbocycles. The zero-order chi connectivity index (χ0) is 18.7. The van der Waals surface area contributed by atoms with Gasteiger partial charge in [-0.25, -0.2) is 0 Å². The SMILES string of the molecule is CC1=C(C#N)C(=O)N(CC(=O)O)C(=O)/C1=C\c1ccc([N+](=O)[O-])cc1. The van der Waals surface area contributed by atoms with Gasteiger partial charge in [-0.05, 0) is 36.3 Å². The van der Waals surface area contributed by atoms with Crippen LogP contribution in [0.15, 0.2) is 41.0 Å². The van der Waals surface area contributed by atoms with Gasteiger partial charge in [0.15, 0.2) is 0 Å². The minimum Gasteiger partial charge on any atom is -0.480 e. The average molecular weight is 341 g/mol. The van der Waals surface area contributed by atoms with E-state index in [1.165, 1.54) is 37.3 Å². The maximum absolute atomic E-state index is 12.4. The fourth-order valence-electron chi connectivity index (χ4n) is 2.27. The van der Waals surface area contributed by atoms with Crippen LogP contribution in [0.1, 0.15) is 12.5 Å². The summed E-state index contributed by atoms with van der Waals surface area (Å²) in [6.45, 7) is 0.539. The Morgan fingerprint density at radius 1 is 1.32 bits per heavy atom. The minimum atomic E-state index is -1.40. The Kier molecular flexibility index (Phi) is 4.74. The highest BCUT2D eigenvalue weighted by Gasteiger charge is 2.36. The molecule has 25 heavy (non-hydrogen) atoms. The molecular weight excluding hydrogens is 330 g/mol. The second kappa shape index (κ2) is 6.76. The van der Waals surface area contributed by atoms with Gasteiger partial charge in [0.1, 0.15) is 18.2 Å². The van der Waals surface area contributed by atoms with Crippen molar-refractivity contribution in [2.24, 2.45) is 0 Å². The van der Waals surface area contributed by atoms with Gasteiger partial charge in [-0.3, -0.25) is 29.4 Å². The van der Waals surface area contributed by atoms with Crippen molar-refractivity contribution in [3.05, 3.63) is 56.7 Å². The average Bonchev–Trinajstić information content (AvgIpc) is 2.56. The lowest BCUT2D eigenvalue weighted by Crippen LogP contribution is -2.45. The van der Waals surface area contributed by atoms with Crippen LogP contribution < -0.4 is 0 Å². The third-order valence-corrected chi connectivity index (χ3v) is 3.53. The van der Waals surface area contributed by atoms with Crippen molar-refractivity contribution in [3.63, 3.8) is 0 Å². The van der Waals surface area contributed by atoms with Crippen molar-refractivity contribution in [2.45, 2.75) is 6.92 Å². The molecule has 0 unspecified atom stereocenters. The number of aliphatic carboxylic acids is 1. The van der Waals surface area contributed by atoms with Crippen LogP contribution in [0.2, 0.25) is 0 Å². The van der Waals surface area contributed by atoms with Gasteiger partial charge in [0.25, 0.3) is 17.5 Å². The number of non-ortho nitro benzene ring substituents is 1. The number of rotatable bonds is 4. The molecule has 0 radical (unpaired) electrons. The van der Waals surface area contributed by atoms with Gasteiger partial charge >= 0.3 is 5.97 Å². The van der Waals surface area contributed by atoms with E-state index in [4.69, 9.17) is 10.4 Å². The van der Waals surface area contributed by atoms with E-state index in [0.29, 0.717) is 10.5 Å². The molecule has 1 aliphatic heterocycles. The lowest BCUT2D eigenvalue weighted by atomic mass is 9.93. The Morgan fingerprint density at radius 3 is 2.40 bits per heavy atom. The normalized spacial score (nSPS) is 16.2. The molecule has 9 heteroatoms. The standard InChI is InChI=1S/C16H11N3O6/c1-9-12(6-10-2-4-11(5-3-10)19(24)25)15(22)18(8-14(20)21)16(23)13(9)7-17/h2-6H,8H2,1H3,(H,20,21)/b12-6-. The van der Waals surface area contributed by atoms with Crippen molar-refractivity contribution in [2.75, 3.05) is 6.54 Å². The first-order chi connectivity index (χ1) is 11.8. The van der Waals surface area contributed by atoms with Gasteiger partial charge in [-0.1, -0.05) is 0 Å². The molecule has 9 nitrogen and oxygen atoms in total. The highest BCUT2D eigenvalue weighted by Crippen LogP contribution is 2.27. The summed E-state index contributed by atoms with van der Waals surface area (Å²) in [7, 11) is 0. The molecule has 0 bridgehead atoms. The number of carbonyl (C=O) groups is 3. The number of imide groups is 1. The monoisotopic (exact) mass is 341 g/mol. The molecule has 1 aromatic rings. The van der Waals surface area contributed by atoms with Crippen molar-refractivity contribution in [1.29, 1.82) is 5.26 Å². The molecule has 0 aliphatic carbocycles. The first kappa shape index (κ1) is 17.6. The summed E-state index contributed by atoms with van der Waals surface area (Å²) in [5, 5.41) is 28.7. The van der Waals surface area contributed by atoms with Crippen molar-refractivity contribution >= 4 is 29.5 Å². The molecule has 0 aromatic heterocycles. The van der Waals surface area contributed by atoms with E-state index in [2.05, 4.69) is 0 Å². The maximum atomic E-state index is 12.4. The topological polar surface area (TPSA) is 142 Å². The summed E-state index contributed by atoms with van der Waals surface area (Å²) in [6, 6.07) is 6.96. The van der Waals surface area contributed by atoms with Crippen LogP contribution in [0.5, 0.6) is 0 Å². The number of carboxylic acids is 1. The summed E-state index contributed by atoms with van der Waals surface area (Å²) in [4.78, 5) is 46.0. The summed E-state index contributed by atoms with van der Waals surface area (Å²) in [6.07, 6.45) is 1.35. The highest BCUT2D eigenvalue weighted by molar-refractivity contribution is 6.20. The molecule has 126 valence electrons. The Labute approximate surface area is 141 Å². The highest BCUT2D eigenvalue weighted by atomic mass is 16.6. The van der Waals surface area contributed by atoms with E-state index in [1.54, 1.807) is 6.07 Å². The van der Waals surface area contributed by atoms with E-state index in [1.807, 2.05) is 0 Å². The fourth-order valence-corrected chi connectivity index (χ4v) is 2.27. The molecule has 1 aliphatic rings. The van der Waals surface area contributed by atoms with Crippen LogP contribution in [0.25, 0.3) is 6.08 Å². The minimum absolute atomic E-state index is 0.0220. The number of carbonyl (C=O) groups excluding carboxylic acids is 2. The quantitative estimate of drug-likeness (QED) is 0.376. The van der Waals surface area contributed by atoms with Crippen LogP contribution in [0, 0.1) is 21.4 Å². The van der Waals surface area contributed by atoms with Gasteiger partial charge in [-0.2, -0.15) is 5.26 Å². The number of hydrogen-bond acceptors (Lipinski definition) is 6. The largest absolute Gasteiger partial charge is 0.480 e. The van der Waals surface area contributed by atoms with Crippen LogP contribution >= 0.6 is 0 Å². The summed E-state index contributed by atoms with van der Waals surface area (Å²) in [5.41, 5.74) is 0.0674. The number of nitro benzene ring substituents is 1. The number of amides is 2. The number of carboxylic acid groups (broad SMARTS) is 1. The predicted molar refractivity (Wildman–Crippen MR) is 83.7 cm³/mol. The molecule has 0 saturated carbocycles. The predicted octanol–water partition coefficient (Wildman–Crippen LogP) is 1.27. The zero-order valence-electron chi connectivity index (χ0n) is 12.9. The van der Waals surface area contributed by atoms with Crippen molar-refractivity contribution in [1.82, 2.24) is 4.90 Å². The lowest BCUT2D eigenvalue weighted by Gasteiger charge is -2.26. The second-order valence-electron chi connectivity index (χ2n) is 5.11. The van der Waals surface area contributed by atoms with Crippen molar-refractivity contribution in [3.8, 4) is 6.07 Å². The van der Waals surface area contributed by atoms with E-state index in [-0.39, 0.29) is 22.4 Å².